The van der Waals surface area contributed by atoms with Crippen LogP contribution in [-0.4, -0.2) is 35.9 Å². The van der Waals surface area contributed by atoms with Gasteiger partial charge >= 0.3 is 0 Å². The molecule has 7 heteroatoms. The Balaban J connectivity index is 0.00000784. The van der Waals surface area contributed by atoms with Gasteiger partial charge in [0.15, 0.2) is 0 Å². The Morgan fingerprint density at radius 2 is 1.83 bits per heavy atom. The van der Waals surface area contributed by atoms with Gasteiger partial charge in [-0.3, -0.25) is 9.59 Å². The number of carbonyl (C=O) groups is 2. The molecular weight excluding hydrogens is 406 g/mol. The van der Waals surface area contributed by atoms with E-state index in [2.05, 4.69) is 39.9 Å². The van der Waals surface area contributed by atoms with Crippen LogP contribution in [0.4, 0.5) is 0 Å². The molecule has 5 atom stereocenters. The van der Waals surface area contributed by atoms with E-state index in [1.54, 1.807) is 11.8 Å². The van der Waals surface area contributed by atoms with E-state index in [0.717, 1.165) is 31.4 Å². The molecule has 0 aromatic heterocycles. The molecular formula is C22H44ClN3O2S. The van der Waals surface area contributed by atoms with Crippen LogP contribution in [0.3, 0.4) is 0 Å². The number of nitrogens with one attached hydrogen (secondary N) is 1. The Labute approximate surface area is 188 Å². The maximum absolute atomic E-state index is 12.8. The predicted molar refractivity (Wildman–Crippen MR) is 127 cm³/mol. The molecule has 1 aliphatic carbocycles. The highest BCUT2D eigenvalue weighted by molar-refractivity contribution is 7.98. The molecule has 1 aliphatic rings. The number of hydrogen-bond donors (Lipinski definition) is 3. The van der Waals surface area contributed by atoms with Crippen LogP contribution >= 0.6 is 24.2 Å². The summed E-state index contributed by atoms with van der Waals surface area (Å²) in [5.41, 5.74) is 11.6. The highest BCUT2D eigenvalue weighted by Gasteiger charge is 2.49. The first-order valence-electron chi connectivity index (χ1n) is 10.9. The summed E-state index contributed by atoms with van der Waals surface area (Å²) in [6.07, 6.45) is 7.10. The van der Waals surface area contributed by atoms with Crippen LogP contribution in [0.5, 0.6) is 0 Å². The lowest BCUT2D eigenvalue weighted by Gasteiger charge is -2.48. The van der Waals surface area contributed by atoms with Crippen molar-refractivity contribution in [3.05, 3.63) is 0 Å². The van der Waals surface area contributed by atoms with Crippen molar-refractivity contribution < 1.29 is 9.59 Å². The Kier molecular flexibility index (Phi) is 12.9. The third-order valence-corrected chi connectivity index (χ3v) is 7.02. The van der Waals surface area contributed by atoms with Gasteiger partial charge in [0.05, 0.1) is 11.5 Å². The van der Waals surface area contributed by atoms with Gasteiger partial charge in [-0.1, -0.05) is 41.0 Å². The molecule has 1 saturated carbocycles. The molecule has 0 spiro atoms. The molecule has 2 amide bonds. The van der Waals surface area contributed by atoms with Gasteiger partial charge in [-0.15, -0.1) is 12.4 Å². The van der Waals surface area contributed by atoms with E-state index < -0.39 is 11.5 Å². The van der Waals surface area contributed by atoms with Gasteiger partial charge in [-0.2, -0.15) is 11.8 Å². The quantitative estimate of drug-likeness (QED) is 0.444. The minimum absolute atomic E-state index is 0. The lowest BCUT2D eigenvalue weighted by Crippen LogP contribution is -2.54. The van der Waals surface area contributed by atoms with Crippen molar-refractivity contribution in [2.75, 3.05) is 12.0 Å². The fourth-order valence-corrected chi connectivity index (χ4v) is 5.58. The lowest BCUT2D eigenvalue weighted by molar-refractivity contribution is -0.139. The smallest absolute Gasteiger partial charge is 0.237 e. The molecule has 0 heterocycles. The topological polar surface area (TPSA) is 98.2 Å². The molecule has 0 radical (unpaired) electrons. The van der Waals surface area contributed by atoms with Crippen LogP contribution in [-0.2, 0) is 9.59 Å². The molecule has 0 aliphatic heterocycles. The van der Waals surface area contributed by atoms with Crippen LogP contribution in [0.25, 0.3) is 0 Å². The molecule has 0 bridgehead atoms. The number of thioether (sulfide) groups is 1. The number of amides is 2. The van der Waals surface area contributed by atoms with Gasteiger partial charge in [-0.05, 0) is 67.8 Å². The van der Waals surface area contributed by atoms with Gasteiger partial charge in [0.1, 0.15) is 0 Å². The second-order valence-corrected chi connectivity index (χ2v) is 10.7. The molecule has 172 valence electrons. The maximum Gasteiger partial charge on any atom is 0.237 e. The molecule has 1 rings (SSSR count). The molecule has 29 heavy (non-hydrogen) atoms. The van der Waals surface area contributed by atoms with Gasteiger partial charge in [0, 0.05) is 6.04 Å². The average Bonchev–Trinajstić information content (AvgIpc) is 2.58. The lowest BCUT2D eigenvalue weighted by atomic mass is 9.57. The summed E-state index contributed by atoms with van der Waals surface area (Å²) in [5, 5.41) is 3.18. The predicted octanol–water partition coefficient (Wildman–Crippen LogP) is 3.97. The highest BCUT2D eigenvalue weighted by atomic mass is 35.5. The molecule has 0 aromatic carbocycles. The molecule has 0 aromatic rings. The van der Waals surface area contributed by atoms with Gasteiger partial charge in [0.2, 0.25) is 11.8 Å². The van der Waals surface area contributed by atoms with Crippen molar-refractivity contribution >= 4 is 36.0 Å². The van der Waals surface area contributed by atoms with Gasteiger partial charge < -0.3 is 16.8 Å². The van der Waals surface area contributed by atoms with Crippen molar-refractivity contribution in [2.24, 2.45) is 40.6 Å². The fourth-order valence-electron chi connectivity index (χ4n) is 5.09. The van der Waals surface area contributed by atoms with Crippen LogP contribution in [0, 0.1) is 29.1 Å². The van der Waals surface area contributed by atoms with E-state index in [1.165, 1.54) is 0 Å². The number of nitrogens with two attached hydrogens (primary N) is 2. The number of halogens is 1. The minimum Gasteiger partial charge on any atom is -0.369 e. The average molecular weight is 450 g/mol. The summed E-state index contributed by atoms with van der Waals surface area (Å²) in [6.45, 7) is 10.9. The zero-order chi connectivity index (χ0) is 21.5. The van der Waals surface area contributed by atoms with Crippen LogP contribution < -0.4 is 16.8 Å². The number of primary amides is 1. The summed E-state index contributed by atoms with van der Waals surface area (Å²) < 4.78 is 0. The Morgan fingerprint density at radius 1 is 1.21 bits per heavy atom. The van der Waals surface area contributed by atoms with E-state index in [0.29, 0.717) is 30.6 Å². The summed E-state index contributed by atoms with van der Waals surface area (Å²) in [4.78, 5) is 25.5. The summed E-state index contributed by atoms with van der Waals surface area (Å²) in [5.74, 6) is 2.09. The number of hydrogen-bond acceptors (Lipinski definition) is 4. The molecule has 3 unspecified atom stereocenters. The van der Waals surface area contributed by atoms with E-state index in [-0.39, 0.29) is 36.2 Å². The largest absolute Gasteiger partial charge is 0.369 e. The minimum atomic E-state index is -0.554. The van der Waals surface area contributed by atoms with Crippen molar-refractivity contribution in [1.29, 1.82) is 0 Å². The number of carbonyl (C=O) groups excluding carboxylic acids is 2. The SMILES string of the molecule is CSCC[C@H](N)C(=O)N[C@@H](CC(C)C)CC1(C(N)=O)CC(C)CCC1C(C)C.Cl. The Bertz CT molecular complexity index is 518. The zero-order valence-corrected chi connectivity index (χ0v) is 20.8. The highest BCUT2D eigenvalue weighted by Crippen LogP contribution is 2.50. The monoisotopic (exact) mass is 449 g/mol. The van der Waals surface area contributed by atoms with Crippen LogP contribution in [0.2, 0.25) is 0 Å². The zero-order valence-electron chi connectivity index (χ0n) is 19.2. The van der Waals surface area contributed by atoms with Crippen LogP contribution in [0.15, 0.2) is 0 Å². The van der Waals surface area contributed by atoms with Gasteiger partial charge in [-0.25, -0.2) is 0 Å². The normalized spacial score (nSPS) is 26.7. The maximum atomic E-state index is 12.8. The molecule has 5 N–H and O–H groups in total. The second-order valence-electron chi connectivity index (χ2n) is 9.68. The van der Waals surface area contributed by atoms with Gasteiger partial charge in [0.25, 0.3) is 0 Å². The summed E-state index contributed by atoms with van der Waals surface area (Å²) in [7, 11) is 0. The third-order valence-electron chi connectivity index (χ3n) is 6.37. The first kappa shape index (κ1) is 28.5. The van der Waals surface area contributed by atoms with Crippen molar-refractivity contribution in [3.63, 3.8) is 0 Å². The van der Waals surface area contributed by atoms with Crippen molar-refractivity contribution in [1.82, 2.24) is 5.32 Å². The van der Waals surface area contributed by atoms with E-state index in [9.17, 15) is 9.59 Å². The second kappa shape index (κ2) is 13.1. The number of rotatable bonds is 11. The summed E-state index contributed by atoms with van der Waals surface area (Å²) in [6, 6.07) is -0.579. The standard InChI is InChI=1S/C22H43N3O2S.ClH/c1-14(2)11-17(25-20(26)19(23)9-10-28-6)13-22(21(24)27)12-16(5)7-8-18(22)15(3)4;/h14-19H,7-13,23H2,1-6H3,(H2,24,27)(H,25,26);1H/t16?,17-,18?,19-,22?;/m0./s1. The van der Waals surface area contributed by atoms with E-state index >= 15 is 0 Å². The van der Waals surface area contributed by atoms with Crippen molar-refractivity contribution in [2.45, 2.75) is 85.2 Å². The van der Waals surface area contributed by atoms with Crippen LogP contribution in [0.1, 0.15) is 73.1 Å². The van der Waals surface area contributed by atoms with Crippen molar-refractivity contribution in [3.8, 4) is 0 Å². The molecule has 0 saturated heterocycles. The Morgan fingerprint density at radius 3 is 2.31 bits per heavy atom. The first-order chi connectivity index (χ1) is 13.0. The first-order valence-corrected chi connectivity index (χ1v) is 12.3. The van der Waals surface area contributed by atoms with E-state index in [4.69, 9.17) is 11.5 Å². The van der Waals surface area contributed by atoms with E-state index in [1.807, 2.05) is 6.26 Å². The fraction of sp³-hybridized carbons (Fsp3) is 0.909. The molecule has 5 nitrogen and oxygen atoms in total. The third kappa shape index (κ3) is 8.29. The Hall–Kier alpha value is -0.460. The molecule has 1 fully saturated rings. The summed E-state index contributed by atoms with van der Waals surface area (Å²) >= 11 is 1.69.